The van der Waals surface area contributed by atoms with Crippen molar-refractivity contribution in [2.45, 2.75) is 26.3 Å². The number of esters is 1. The van der Waals surface area contributed by atoms with Gasteiger partial charge in [-0.05, 0) is 48.1 Å². The number of halogens is 1. The monoisotopic (exact) mass is 324 g/mol. The van der Waals surface area contributed by atoms with E-state index < -0.39 is 0 Å². The Balaban J connectivity index is 0.00000176. The summed E-state index contributed by atoms with van der Waals surface area (Å²) >= 11 is 0. The maximum absolute atomic E-state index is 11.7. The van der Waals surface area contributed by atoms with Crippen molar-refractivity contribution in [3.63, 3.8) is 0 Å². The van der Waals surface area contributed by atoms with Crippen LogP contribution in [0.2, 0.25) is 0 Å². The Morgan fingerprint density at radius 2 is 2.23 bits per heavy atom. The molecule has 5 heteroatoms. The summed E-state index contributed by atoms with van der Waals surface area (Å²) in [6, 6.07) is 5.96. The molecule has 3 rings (SSSR count). The zero-order valence-electron chi connectivity index (χ0n) is 13.4. The van der Waals surface area contributed by atoms with Crippen LogP contribution in [0.3, 0.4) is 0 Å². The number of benzene rings is 1. The van der Waals surface area contributed by atoms with Gasteiger partial charge in [0.15, 0.2) is 0 Å². The van der Waals surface area contributed by atoms with Crippen LogP contribution in [0.4, 0.5) is 0 Å². The van der Waals surface area contributed by atoms with E-state index in [0.717, 1.165) is 39.1 Å². The standard InChI is InChI=1S/C17H24N2O2.ClH/c1-17(6-7-18-11-17)12-19-8-5-13-3-4-14(16(20)21-2)9-15(13)10-19;/h3-4,9,18H,5-8,10-12H2,1-2H3;1H. The van der Waals surface area contributed by atoms with E-state index >= 15 is 0 Å². The van der Waals surface area contributed by atoms with Crippen molar-refractivity contribution in [1.82, 2.24) is 10.2 Å². The van der Waals surface area contributed by atoms with Crippen LogP contribution >= 0.6 is 12.4 Å². The van der Waals surface area contributed by atoms with Gasteiger partial charge >= 0.3 is 5.97 Å². The average molecular weight is 325 g/mol. The van der Waals surface area contributed by atoms with Crippen molar-refractivity contribution in [3.05, 3.63) is 34.9 Å². The lowest BCUT2D eigenvalue weighted by Gasteiger charge is -2.35. The number of carbonyl (C=O) groups is 1. The number of rotatable bonds is 3. The van der Waals surface area contributed by atoms with Gasteiger partial charge in [0.25, 0.3) is 0 Å². The molecule has 1 saturated heterocycles. The lowest BCUT2D eigenvalue weighted by atomic mass is 9.88. The summed E-state index contributed by atoms with van der Waals surface area (Å²) in [4.78, 5) is 14.2. The predicted molar refractivity (Wildman–Crippen MR) is 89.6 cm³/mol. The summed E-state index contributed by atoms with van der Waals surface area (Å²) in [6.45, 7) is 7.79. The summed E-state index contributed by atoms with van der Waals surface area (Å²) in [6.07, 6.45) is 2.32. The lowest BCUT2D eigenvalue weighted by Crippen LogP contribution is -2.40. The van der Waals surface area contributed by atoms with E-state index in [1.165, 1.54) is 24.7 Å². The normalized spacial score (nSPS) is 24.5. The molecular formula is C17H25ClN2O2. The molecule has 1 atom stereocenters. The Bertz CT molecular complexity index is 541. The fourth-order valence-corrected chi connectivity index (χ4v) is 3.54. The van der Waals surface area contributed by atoms with Gasteiger partial charge in [0.1, 0.15) is 0 Å². The third-order valence-electron chi connectivity index (χ3n) is 4.78. The molecule has 1 unspecified atom stereocenters. The Kier molecular flexibility index (Phi) is 5.48. The van der Waals surface area contributed by atoms with Crippen LogP contribution in [-0.2, 0) is 17.7 Å². The van der Waals surface area contributed by atoms with E-state index in [4.69, 9.17) is 4.74 Å². The van der Waals surface area contributed by atoms with Crippen molar-refractivity contribution < 1.29 is 9.53 Å². The fourth-order valence-electron chi connectivity index (χ4n) is 3.54. The number of ether oxygens (including phenoxy) is 1. The van der Waals surface area contributed by atoms with Gasteiger partial charge in [0.05, 0.1) is 12.7 Å². The maximum Gasteiger partial charge on any atom is 0.337 e. The minimum Gasteiger partial charge on any atom is -0.465 e. The molecule has 2 aliphatic heterocycles. The van der Waals surface area contributed by atoms with Gasteiger partial charge in [0, 0.05) is 26.2 Å². The van der Waals surface area contributed by atoms with Crippen LogP contribution in [-0.4, -0.2) is 44.2 Å². The summed E-state index contributed by atoms with van der Waals surface area (Å²) in [5.74, 6) is -0.248. The molecule has 0 radical (unpaired) electrons. The van der Waals surface area contributed by atoms with E-state index in [2.05, 4.69) is 23.2 Å². The second kappa shape index (κ2) is 6.99. The molecule has 22 heavy (non-hydrogen) atoms. The number of nitrogens with one attached hydrogen (secondary N) is 1. The molecule has 4 nitrogen and oxygen atoms in total. The van der Waals surface area contributed by atoms with Gasteiger partial charge in [0.2, 0.25) is 0 Å². The van der Waals surface area contributed by atoms with Crippen molar-refractivity contribution in [3.8, 4) is 0 Å². The summed E-state index contributed by atoms with van der Waals surface area (Å²) in [5, 5.41) is 3.47. The molecule has 0 spiro atoms. The van der Waals surface area contributed by atoms with Crippen LogP contribution in [0, 0.1) is 5.41 Å². The minimum absolute atomic E-state index is 0. The van der Waals surface area contributed by atoms with Crippen LogP contribution in [0.25, 0.3) is 0 Å². The van der Waals surface area contributed by atoms with Gasteiger partial charge in [-0.25, -0.2) is 4.79 Å². The van der Waals surface area contributed by atoms with Crippen LogP contribution in [0.5, 0.6) is 0 Å². The molecule has 2 aliphatic rings. The second-order valence-corrected chi connectivity index (χ2v) is 6.67. The Labute approximate surface area is 138 Å². The Hall–Kier alpha value is -1.10. The highest BCUT2D eigenvalue weighted by Crippen LogP contribution is 2.29. The van der Waals surface area contributed by atoms with E-state index in [0.29, 0.717) is 11.0 Å². The van der Waals surface area contributed by atoms with Crippen molar-refractivity contribution in [2.75, 3.05) is 33.3 Å². The van der Waals surface area contributed by atoms with Crippen LogP contribution < -0.4 is 5.32 Å². The first-order chi connectivity index (χ1) is 10.1. The highest BCUT2D eigenvalue weighted by molar-refractivity contribution is 5.89. The molecule has 1 N–H and O–H groups in total. The van der Waals surface area contributed by atoms with Crippen molar-refractivity contribution in [2.24, 2.45) is 5.41 Å². The fraction of sp³-hybridized carbons (Fsp3) is 0.588. The van der Waals surface area contributed by atoms with Crippen molar-refractivity contribution >= 4 is 18.4 Å². The number of nitrogens with zero attached hydrogens (tertiary/aromatic N) is 1. The molecule has 0 aliphatic carbocycles. The molecule has 0 amide bonds. The first kappa shape index (κ1) is 17.3. The zero-order chi connectivity index (χ0) is 14.9. The molecule has 0 aromatic heterocycles. The van der Waals surface area contributed by atoms with Crippen molar-refractivity contribution in [1.29, 1.82) is 0 Å². The van der Waals surface area contributed by atoms with Crippen LogP contribution in [0.15, 0.2) is 18.2 Å². The number of hydrogen-bond acceptors (Lipinski definition) is 4. The highest BCUT2D eigenvalue weighted by atomic mass is 35.5. The van der Waals surface area contributed by atoms with Gasteiger partial charge in [-0.3, -0.25) is 4.90 Å². The smallest absolute Gasteiger partial charge is 0.337 e. The number of carbonyl (C=O) groups excluding carboxylic acids is 1. The molecule has 0 saturated carbocycles. The SMILES string of the molecule is COC(=O)c1ccc2c(c1)CN(CC1(C)CCNC1)CC2.Cl. The van der Waals surface area contributed by atoms with Gasteiger partial charge < -0.3 is 10.1 Å². The molecule has 1 fully saturated rings. The average Bonchev–Trinajstić information content (AvgIpc) is 2.92. The van der Waals surface area contributed by atoms with E-state index in [9.17, 15) is 4.79 Å². The quantitative estimate of drug-likeness (QED) is 0.866. The first-order valence-electron chi connectivity index (χ1n) is 7.73. The molecular weight excluding hydrogens is 300 g/mol. The highest BCUT2D eigenvalue weighted by Gasteiger charge is 2.31. The second-order valence-electron chi connectivity index (χ2n) is 6.67. The molecule has 1 aromatic carbocycles. The molecule has 0 bridgehead atoms. The topological polar surface area (TPSA) is 41.6 Å². The van der Waals surface area contributed by atoms with Gasteiger partial charge in [-0.2, -0.15) is 0 Å². The summed E-state index contributed by atoms with van der Waals surface area (Å²) < 4.78 is 4.82. The largest absolute Gasteiger partial charge is 0.465 e. The van der Waals surface area contributed by atoms with Crippen LogP contribution in [0.1, 0.15) is 34.8 Å². The Morgan fingerprint density at radius 3 is 2.91 bits per heavy atom. The van der Waals surface area contributed by atoms with Gasteiger partial charge in [-0.1, -0.05) is 13.0 Å². The maximum atomic E-state index is 11.7. The number of fused-ring (bicyclic) bond motifs is 1. The zero-order valence-corrected chi connectivity index (χ0v) is 14.2. The summed E-state index contributed by atoms with van der Waals surface area (Å²) in [7, 11) is 1.43. The third-order valence-corrected chi connectivity index (χ3v) is 4.78. The molecule has 122 valence electrons. The molecule has 1 aromatic rings. The summed E-state index contributed by atoms with van der Waals surface area (Å²) in [5.41, 5.74) is 3.69. The van der Waals surface area contributed by atoms with E-state index in [1.54, 1.807) is 0 Å². The third kappa shape index (κ3) is 3.62. The van der Waals surface area contributed by atoms with Gasteiger partial charge in [-0.15, -0.1) is 12.4 Å². The first-order valence-corrected chi connectivity index (χ1v) is 7.73. The number of methoxy groups -OCH3 is 1. The van der Waals surface area contributed by atoms with E-state index in [1.807, 2.05) is 12.1 Å². The number of hydrogen-bond donors (Lipinski definition) is 1. The minimum atomic E-state index is -0.248. The van der Waals surface area contributed by atoms with E-state index in [-0.39, 0.29) is 18.4 Å². The molecule has 2 heterocycles. The predicted octanol–water partition coefficient (Wildman–Crippen LogP) is 2.25. The Morgan fingerprint density at radius 1 is 1.41 bits per heavy atom. The lowest BCUT2D eigenvalue weighted by molar-refractivity contribution is 0.0600.